The molecule has 0 spiro atoms. The first-order valence-electron chi connectivity index (χ1n) is 8.18. The average Bonchev–Trinajstić information content (AvgIpc) is 3.20. The molecule has 1 aromatic carbocycles. The lowest BCUT2D eigenvalue weighted by Gasteiger charge is -2.39. The van der Waals surface area contributed by atoms with Crippen molar-refractivity contribution in [1.29, 1.82) is 0 Å². The zero-order chi connectivity index (χ0) is 15.3. The summed E-state index contributed by atoms with van der Waals surface area (Å²) in [7, 11) is 0. The monoisotopic (exact) mass is 314 g/mol. The fourth-order valence-corrected chi connectivity index (χ4v) is 6.39. The summed E-state index contributed by atoms with van der Waals surface area (Å²) in [6, 6.07) is 8.55. The van der Waals surface area contributed by atoms with Gasteiger partial charge in [-0.05, 0) is 37.3 Å². The van der Waals surface area contributed by atoms with Crippen molar-refractivity contribution in [2.45, 2.75) is 55.1 Å². The molecule has 0 amide bonds. The Balaban J connectivity index is 1.67. The van der Waals surface area contributed by atoms with Crippen LogP contribution in [-0.4, -0.2) is 22.1 Å². The van der Waals surface area contributed by atoms with E-state index in [0.29, 0.717) is 16.7 Å². The molecule has 2 bridgehead atoms. The fourth-order valence-electron chi connectivity index (χ4n) is 4.48. The molecule has 22 heavy (non-hydrogen) atoms. The third-order valence-corrected chi connectivity index (χ3v) is 7.25. The second-order valence-corrected chi connectivity index (χ2v) is 8.62. The average molecular weight is 314 g/mol. The van der Waals surface area contributed by atoms with E-state index < -0.39 is 0 Å². The third-order valence-electron chi connectivity index (χ3n) is 5.52. The number of benzene rings is 1. The lowest BCUT2D eigenvalue weighted by Crippen LogP contribution is -2.47. The predicted molar refractivity (Wildman–Crippen MR) is 90.0 cm³/mol. The predicted octanol–water partition coefficient (Wildman–Crippen LogP) is 3.93. The third kappa shape index (κ3) is 2.21. The van der Waals surface area contributed by atoms with E-state index in [-0.39, 0.29) is 11.6 Å². The highest BCUT2D eigenvalue weighted by molar-refractivity contribution is 8.01. The summed E-state index contributed by atoms with van der Waals surface area (Å²) in [5.41, 5.74) is 2.87. The SMILES string of the molecule is C=C(C)C(=O)OC1(C2CC3CCC2S3)Cc2ccccc2C1. The van der Waals surface area contributed by atoms with Crippen molar-refractivity contribution < 1.29 is 9.53 Å². The molecule has 2 heterocycles. The zero-order valence-electron chi connectivity index (χ0n) is 13.0. The van der Waals surface area contributed by atoms with Crippen molar-refractivity contribution in [3.05, 3.63) is 47.5 Å². The van der Waals surface area contributed by atoms with Crippen LogP contribution in [0.4, 0.5) is 0 Å². The summed E-state index contributed by atoms with van der Waals surface area (Å²) < 4.78 is 6.13. The Bertz CT molecular complexity index is 611. The van der Waals surface area contributed by atoms with Crippen LogP contribution >= 0.6 is 11.8 Å². The number of fused-ring (bicyclic) bond motifs is 3. The van der Waals surface area contributed by atoms with Gasteiger partial charge in [0.2, 0.25) is 0 Å². The van der Waals surface area contributed by atoms with Crippen LogP contribution in [0.1, 0.15) is 37.3 Å². The van der Waals surface area contributed by atoms with Gasteiger partial charge in [0.1, 0.15) is 5.60 Å². The van der Waals surface area contributed by atoms with Gasteiger partial charge in [-0.2, -0.15) is 11.8 Å². The minimum Gasteiger partial charge on any atom is -0.455 e. The molecule has 4 rings (SSSR count). The maximum Gasteiger partial charge on any atom is 0.333 e. The topological polar surface area (TPSA) is 26.3 Å². The van der Waals surface area contributed by atoms with Crippen LogP contribution in [-0.2, 0) is 22.4 Å². The minimum absolute atomic E-state index is 0.222. The van der Waals surface area contributed by atoms with Gasteiger partial charge in [0, 0.05) is 34.8 Å². The second-order valence-electron chi connectivity index (χ2n) is 7.07. The molecule has 2 fully saturated rings. The quantitative estimate of drug-likeness (QED) is 0.625. The Morgan fingerprint density at radius 3 is 2.45 bits per heavy atom. The highest BCUT2D eigenvalue weighted by Gasteiger charge is 2.55. The second kappa shape index (κ2) is 5.16. The standard InChI is InChI=1S/C19H22O2S/c1-12(2)18(20)21-19(16-9-15-7-8-17(16)22-15)10-13-5-3-4-6-14(13)11-19/h3-6,15-17H,1,7-11H2,2H3. The van der Waals surface area contributed by atoms with Crippen molar-refractivity contribution in [2.24, 2.45) is 5.92 Å². The summed E-state index contributed by atoms with van der Waals surface area (Å²) in [5.74, 6) is 0.271. The van der Waals surface area contributed by atoms with E-state index in [4.69, 9.17) is 4.74 Å². The summed E-state index contributed by atoms with van der Waals surface area (Å²) >= 11 is 2.13. The molecule has 1 aliphatic carbocycles. The van der Waals surface area contributed by atoms with E-state index in [1.807, 2.05) is 0 Å². The minimum atomic E-state index is -0.341. The molecule has 3 heteroatoms. The van der Waals surface area contributed by atoms with Crippen molar-refractivity contribution in [3.63, 3.8) is 0 Å². The Morgan fingerprint density at radius 2 is 1.95 bits per heavy atom. The van der Waals surface area contributed by atoms with Crippen molar-refractivity contribution in [1.82, 2.24) is 0 Å². The molecular weight excluding hydrogens is 292 g/mol. The summed E-state index contributed by atoms with van der Waals surface area (Å²) in [5, 5.41) is 1.44. The Kier molecular flexibility index (Phi) is 3.37. The smallest absolute Gasteiger partial charge is 0.333 e. The molecule has 3 aliphatic rings. The van der Waals surface area contributed by atoms with Gasteiger partial charge in [0.25, 0.3) is 0 Å². The number of ether oxygens (including phenoxy) is 1. The molecule has 2 aliphatic heterocycles. The normalized spacial score (nSPS) is 31.0. The van der Waals surface area contributed by atoms with Crippen LogP contribution in [0.3, 0.4) is 0 Å². The van der Waals surface area contributed by atoms with Gasteiger partial charge in [0.05, 0.1) is 0 Å². The molecule has 0 radical (unpaired) electrons. The van der Waals surface area contributed by atoms with E-state index in [0.717, 1.165) is 18.1 Å². The van der Waals surface area contributed by atoms with E-state index in [1.165, 1.54) is 30.4 Å². The number of hydrogen-bond donors (Lipinski definition) is 0. The molecular formula is C19H22O2S. The molecule has 0 saturated carbocycles. The summed E-state index contributed by atoms with van der Waals surface area (Å²) in [6.07, 6.45) is 5.56. The molecule has 116 valence electrons. The van der Waals surface area contributed by atoms with Crippen molar-refractivity contribution in [3.8, 4) is 0 Å². The first-order valence-corrected chi connectivity index (χ1v) is 9.13. The van der Waals surface area contributed by atoms with Gasteiger partial charge in [0.15, 0.2) is 0 Å². The molecule has 1 aromatic rings. The van der Waals surface area contributed by atoms with Gasteiger partial charge in [-0.15, -0.1) is 0 Å². The van der Waals surface area contributed by atoms with Gasteiger partial charge in [-0.1, -0.05) is 30.8 Å². The Labute approximate surface area is 136 Å². The molecule has 0 aromatic heterocycles. The molecule has 2 nitrogen and oxygen atoms in total. The van der Waals surface area contributed by atoms with Crippen LogP contribution in [0.5, 0.6) is 0 Å². The largest absolute Gasteiger partial charge is 0.455 e. The van der Waals surface area contributed by atoms with Crippen LogP contribution in [0.15, 0.2) is 36.4 Å². The van der Waals surface area contributed by atoms with Crippen LogP contribution in [0, 0.1) is 5.92 Å². The fraction of sp³-hybridized carbons (Fsp3) is 0.526. The first-order chi connectivity index (χ1) is 10.6. The van der Waals surface area contributed by atoms with Crippen LogP contribution in [0.25, 0.3) is 0 Å². The number of thioether (sulfide) groups is 1. The van der Waals surface area contributed by atoms with E-state index in [1.54, 1.807) is 6.92 Å². The lowest BCUT2D eigenvalue weighted by molar-refractivity contribution is -0.160. The van der Waals surface area contributed by atoms with E-state index in [9.17, 15) is 4.79 Å². The zero-order valence-corrected chi connectivity index (χ0v) is 13.8. The maximum absolute atomic E-state index is 12.3. The molecule has 0 N–H and O–H groups in total. The number of rotatable bonds is 3. The molecule has 3 atom stereocenters. The number of carbonyl (C=O) groups excluding carboxylic acids is 1. The number of carbonyl (C=O) groups is 1. The highest BCUT2D eigenvalue weighted by atomic mass is 32.2. The van der Waals surface area contributed by atoms with Gasteiger partial charge in [-0.3, -0.25) is 0 Å². The van der Waals surface area contributed by atoms with E-state index >= 15 is 0 Å². The Morgan fingerprint density at radius 1 is 1.27 bits per heavy atom. The highest BCUT2D eigenvalue weighted by Crippen LogP contribution is 2.56. The van der Waals surface area contributed by atoms with Gasteiger partial charge < -0.3 is 4.74 Å². The van der Waals surface area contributed by atoms with Crippen molar-refractivity contribution in [2.75, 3.05) is 0 Å². The van der Waals surface area contributed by atoms with Crippen LogP contribution < -0.4 is 0 Å². The molecule has 3 unspecified atom stereocenters. The van der Waals surface area contributed by atoms with Crippen LogP contribution in [0.2, 0.25) is 0 Å². The van der Waals surface area contributed by atoms with Crippen molar-refractivity contribution >= 4 is 17.7 Å². The Hall–Kier alpha value is -1.22. The van der Waals surface area contributed by atoms with Gasteiger partial charge >= 0.3 is 5.97 Å². The first kappa shape index (κ1) is 14.4. The number of esters is 1. The van der Waals surface area contributed by atoms with E-state index in [2.05, 4.69) is 42.6 Å². The summed E-state index contributed by atoms with van der Waals surface area (Å²) in [6.45, 7) is 5.52. The number of hydrogen-bond acceptors (Lipinski definition) is 3. The maximum atomic E-state index is 12.3. The lowest BCUT2D eigenvalue weighted by atomic mass is 9.75. The summed E-state index contributed by atoms with van der Waals surface area (Å²) in [4.78, 5) is 12.3. The molecule has 2 saturated heterocycles. The van der Waals surface area contributed by atoms with Gasteiger partial charge in [-0.25, -0.2) is 4.79 Å².